The zero-order valence-corrected chi connectivity index (χ0v) is 12.1. The Bertz CT molecular complexity index is 528. The molecule has 0 fully saturated rings. The second-order valence-corrected chi connectivity index (χ2v) is 5.30. The number of hydrogen-bond donors (Lipinski definition) is 2. The van der Waals surface area contributed by atoms with Crippen LogP contribution in [-0.4, -0.2) is 21.6 Å². The van der Waals surface area contributed by atoms with Gasteiger partial charge in [-0.05, 0) is 32.3 Å². The highest BCUT2D eigenvalue weighted by molar-refractivity contribution is 9.10. The van der Waals surface area contributed by atoms with E-state index in [0.29, 0.717) is 10.9 Å². The smallest absolute Gasteiger partial charge is 0.107 e. The summed E-state index contributed by atoms with van der Waals surface area (Å²) in [6.45, 7) is 0. The predicted octanol–water partition coefficient (Wildman–Crippen LogP) is 3.39. The van der Waals surface area contributed by atoms with Crippen LogP contribution < -0.4 is 0 Å². The second-order valence-electron chi connectivity index (χ2n) is 3.86. The van der Waals surface area contributed by atoms with Crippen LogP contribution in [0.15, 0.2) is 40.9 Å². The van der Waals surface area contributed by atoms with Gasteiger partial charge in [0.15, 0.2) is 0 Å². The van der Waals surface area contributed by atoms with E-state index < -0.39 is 12.2 Å². The summed E-state index contributed by atoms with van der Waals surface area (Å²) in [5.74, 6) is 0. The molecule has 2 unspecified atom stereocenters. The Kier molecular flexibility index (Phi) is 4.20. The summed E-state index contributed by atoms with van der Waals surface area (Å²) in [5.41, 5.74) is 0.704. The number of rotatable bonds is 3. The molecule has 0 heterocycles. The third-order valence-corrected chi connectivity index (χ3v) is 4.28. The summed E-state index contributed by atoms with van der Waals surface area (Å²) in [6.07, 6.45) is -1.71. The van der Waals surface area contributed by atoms with E-state index in [2.05, 4.69) is 31.9 Å². The van der Waals surface area contributed by atoms with Crippen LogP contribution in [0.2, 0.25) is 0 Å². The van der Waals surface area contributed by atoms with E-state index >= 15 is 0 Å². The SMILES string of the molecule is OC(CBr)C(O)c1ccc2ccccc2c1Br. The Labute approximate surface area is 117 Å². The maximum absolute atomic E-state index is 10.0. The average Bonchev–Trinajstić information content (AvgIpc) is 2.38. The molecule has 90 valence electrons. The van der Waals surface area contributed by atoms with E-state index in [0.717, 1.165) is 15.2 Å². The zero-order chi connectivity index (χ0) is 12.4. The van der Waals surface area contributed by atoms with Crippen molar-refractivity contribution in [3.63, 3.8) is 0 Å². The molecule has 2 N–H and O–H groups in total. The highest BCUT2D eigenvalue weighted by Gasteiger charge is 2.20. The van der Waals surface area contributed by atoms with Crippen LogP contribution in [0.3, 0.4) is 0 Å². The Morgan fingerprint density at radius 1 is 1.06 bits per heavy atom. The summed E-state index contributed by atoms with van der Waals surface area (Å²) >= 11 is 6.66. The normalized spacial score (nSPS) is 14.8. The zero-order valence-electron chi connectivity index (χ0n) is 8.98. The first-order valence-electron chi connectivity index (χ1n) is 5.24. The fourth-order valence-corrected chi connectivity index (χ4v) is 2.85. The van der Waals surface area contributed by atoms with Gasteiger partial charge in [-0.2, -0.15) is 0 Å². The number of fused-ring (bicyclic) bond motifs is 1. The molecule has 17 heavy (non-hydrogen) atoms. The summed E-state index contributed by atoms with van der Waals surface area (Å²) in [5, 5.41) is 22.2. The minimum Gasteiger partial charge on any atom is -0.389 e. The Morgan fingerprint density at radius 2 is 1.76 bits per heavy atom. The number of aliphatic hydroxyl groups is 2. The molecule has 0 aromatic heterocycles. The molecule has 0 aliphatic rings. The molecule has 2 rings (SSSR count). The van der Waals surface area contributed by atoms with Gasteiger partial charge in [0.05, 0.1) is 6.10 Å². The molecule has 2 aromatic rings. The van der Waals surface area contributed by atoms with Crippen LogP contribution in [0, 0.1) is 0 Å². The third kappa shape index (κ3) is 2.55. The lowest BCUT2D eigenvalue weighted by molar-refractivity contribution is 0.0339. The third-order valence-electron chi connectivity index (χ3n) is 2.73. The van der Waals surface area contributed by atoms with Crippen molar-refractivity contribution in [1.82, 2.24) is 0 Å². The maximum atomic E-state index is 10.0. The van der Waals surface area contributed by atoms with Crippen molar-refractivity contribution in [2.75, 3.05) is 5.33 Å². The highest BCUT2D eigenvalue weighted by Crippen LogP contribution is 2.32. The van der Waals surface area contributed by atoms with E-state index in [9.17, 15) is 10.2 Å². The predicted molar refractivity (Wildman–Crippen MR) is 76.4 cm³/mol. The monoisotopic (exact) mass is 358 g/mol. The molecule has 0 aliphatic carbocycles. The van der Waals surface area contributed by atoms with Crippen LogP contribution in [-0.2, 0) is 0 Å². The molecular weight excluding hydrogens is 348 g/mol. The summed E-state index contributed by atoms with van der Waals surface area (Å²) in [4.78, 5) is 0. The molecule has 0 bridgehead atoms. The van der Waals surface area contributed by atoms with Crippen LogP contribution in [0.1, 0.15) is 11.7 Å². The number of halogens is 2. The first-order chi connectivity index (χ1) is 8.15. The molecule has 0 radical (unpaired) electrons. The van der Waals surface area contributed by atoms with Crippen molar-refractivity contribution in [1.29, 1.82) is 0 Å². The molecule has 0 spiro atoms. The first-order valence-corrected chi connectivity index (χ1v) is 7.16. The Hall–Kier alpha value is -0.420. The molecule has 2 nitrogen and oxygen atoms in total. The van der Waals surface area contributed by atoms with Crippen molar-refractivity contribution in [2.45, 2.75) is 12.2 Å². The van der Waals surface area contributed by atoms with Crippen LogP contribution >= 0.6 is 31.9 Å². The number of alkyl halides is 1. The minimum atomic E-state index is -0.895. The molecule has 0 saturated heterocycles. The fourth-order valence-electron chi connectivity index (χ4n) is 1.77. The van der Waals surface area contributed by atoms with Gasteiger partial charge in [-0.1, -0.05) is 52.3 Å². The Balaban J connectivity index is 2.52. The Morgan fingerprint density at radius 3 is 2.47 bits per heavy atom. The molecule has 4 heteroatoms. The van der Waals surface area contributed by atoms with Gasteiger partial charge in [-0.15, -0.1) is 0 Å². The fraction of sp³-hybridized carbons (Fsp3) is 0.231. The van der Waals surface area contributed by atoms with Crippen LogP contribution in [0.4, 0.5) is 0 Å². The van der Waals surface area contributed by atoms with E-state index in [4.69, 9.17) is 0 Å². The van der Waals surface area contributed by atoms with Crippen molar-refractivity contribution in [2.24, 2.45) is 0 Å². The molecule has 0 aliphatic heterocycles. The molecule has 2 atom stereocenters. The van der Waals surface area contributed by atoms with E-state index in [1.54, 1.807) is 0 Å². The first kappa shape index (κ1) is 13.0. The van der Waals surface area contributed by atoms with E-state index in [-0.39, 0.29) is 0 Å². The van der Waals surface area contributed by atoms with Gasteiger partial charge in [0.2, 0.25) is 0 Å². The lowest BCUT2D eigenvalue weighted by atomic mass is 10.0. The van der Waals surface area contributed by atoms with Gasteiger partial charge in [0, 0.05) is 9.80 Å². The summed E-state index contributed by atoms with van der Waals surface area (Å²) in [6, 6.07) is 11.7. The maximum Gasteiger partial charge on any atom is 0.107 e. The topological polar surface area (TPSA) is 40.5 Å². The summed E-state index contributed by atoms with van der Waals surface area (Å²) < 4.78 is 0.836. The largest absolute Gasteiger partial charge is 0.389 e. The average molecular weight is 360 g/mol. The van der Waals surface area contributed by atoms with Gasteiger partial charge in [-0.3, -0.25) is 0 Å². The van der Waals surface area contributed by atoms with Crippen molar-refractivity contribution in [3.05, 3.63) is 46.4 Å². The van der Waals surface area contributed by atoms with Crippen LogP contribution in [0.5, 0.6) is 0 Å². The van der Waals surface area contributed by atoms with E-state index in [1.165, 1.54) is 0 Å². The van der Waals surface area contributed by atoms with Gasteiger partial charge in [0.1, 0.15) is 6.10 Å². The van der Waals surface area contributed by atoms with E-state index in [1.807, 2.05) is 36.4 Å². The lowest BCUT2D eigenvalue weighted by Crippen LogP contribution is -2.19. The summed E-state index contributed by atoms with van der Waals surface area (Å²) in [7, 11) is 0. The van der Waals surface area contributed by atoms with Crippen molar-refractivity contribution < 1.29 is 10.2 Å². The number of benzene rings is 2. The molecular formula is C13H12Br2O2. The highest BCUT2D eigenvalue weighted by atomic mass is 79.9. The lowest BCUT2D eigenvalue weighted by Gasteiger charge is -2.18. The van der Waals surface area contributed by atoms with Crippen molar-refractivity contribution in [3.8, 4) is 0 Å². The van der Waals surface area contributed by atoms with Gasteiger partial charge < -0.3 is 10.2 Å². The number of hydrogen-bond acceptors (Lipinski definition) is 2. The van der Waals surface area contributed by atoms with Gasteiger partial charge >= 0.3 is 0 Å². The number of aliphatic hydroxyl groups excluding tert-OH is 2. The molecule has 2 aromatic carbocycles. The quantitative estimate of drug-likeness (QED) is 0.824. The van der Waals surface area contributed by atoms with Crippen LogP contribution in [0.25, 0.3) is 10.8 Å². The standard InChI is InChI=1S/C13H12Br2O2/c14-7-11(16)13(17)10-6-5-8-3-1-2-4-9(8)12(10)15/h1-6,11,13,16-17H,7H2. The van der Waals surface area contributed by atoms with Gasteiger partial charge in [-0.25, -0.2) is 0 Å². The van der Waals surface area contributed by atoms with Crippen molar-refractivity contribution >= 4 is 42.6 Å². The van der Waals surface area contributed by atoms with Gasteiger partial charge in [0.25, 0.3) is 0 Å². The minimum absolute atomic E-state index is 0.341. The molecule has 0 amide bonds. The second kappa shape index (κ2) is 5.48. The molecule has 0 saturated carbocycles.